The zero-order valence-electron chi connectivity index (χ0n) is 10.2. The lowest BCUT2D eigenvalue weighted by Crippen LogP contribution is -2.14. The van der Waals surface area contributed by atoms with E-state index in [1.165, 1.54) is 25.3 Å². The molecule has 2 aromatic rings. The number of pyridine rings is 1. The topological polar surface area (TPSA) is 42.1 Å². The number of aromatic amines is 1. The summed E-state index contributed by atoms with van der Waals surface area (Å²) in [6.07, 6.45) is -4.68. The number of halogens is 4. The molecule has 0 atom stereocenters. The van der Waals surface area contributed by atoms with Crippen LogP contribution in [0.5, 0.6) is 5.75 Å². The summed E-state index contributed by atoms with van der Waals surface area (Å²) >= 11 is 0. The monoisotopic (exact) mass is 287 g/mol. The SMILES string of the molecule is COc1cccc(-c2cc(C(F)(F)F)cc(=O)[nH]2)c1F. The summed E-state index contributed by atoms with van der Waals surface area (Å²) in [5.41, 5.74) is -2.54. The van der Waals surface area contributed by atoms with E-state index < -0.39 is 23.1 Å². The second-order valence-corrected chi connectivity index (χ2v) is 3.97. The van der Waals surface area contributed by atoms with Crippen LogP contribution in [0, 0.1) is 5.82 Å². The summed E-state index contributed by atoms with van der Waals surface area (Å²) in [7, 11) is 1.23. The second-order valence-electron chi connectivity index (χ2n) is 3.97. The Labute approximate surface area is 110 Å². The Morgan fingerprint density at radius 2 is 1.90 bits per heavy atom. The molecule has 7 heteroatoms. The van der Waals surface area contributed by atoms with Gasteiger partial charge in [0.05, 0.1) is 18.4 Å². The number of aromatic nitrogens is 1. The van der Waals surface area contributed by atoms with E-state index in [2.05, 4.69) is 4.98 Å². The van der Waals surface area contributed by atoms with Gasteiger partial charge in [0.2, 0.25) is 5.56 Å². The molecule has 0 aliphatic heterocycles. The zero-order valence-corrected chi connectivity index (χ0v) is 10.2. The number of methoxy groups -OCH3 is 1. The summed E-state index contributed by atoms with van der Waals surface area (Å²) < 4.78 is 56.7. The lowest BCUT2D eigenvalue weighted by molar-refractivity contribution is -0.137. The third-order valence-electron chi connectivity index (χ3n) is 2.65. The summed E-state index contributed by atoms with van der Waals surface area (Å²) in [6, 6.07) is 5.09. The molecule has 0 spiro atoms. The molecule has 0 bridgehead atoms. The number of rotatable bonds is 2. The average molecular weight is 287 g/mol. The smallest absolute Gasteiger partial charge is 0.416 e. The summed E-state index contributed by atoms with van der Waals surface area (Å²) in [5.74, 6) is -0.967. The molecule has 1 aromatic heterocycles. The van der Waals surface area contributed by atoms with Crippen molar-refractivity contribution in [1.29, 1.82) is 0 Å². The van der Waals surface area contributed by atoms with Crippen molar-refractivity contribution < 1.29 is 22.3 Å². The Hall–Kier alpha value is -2.31. The standard InChI is InChI=1S/C13H9F4NO2/c1-20-10-4-2-3-8(12(10)14)9-5-7(13(15,16)17)6-11(19)18-9/h2-6H,1H3,(H,18,19). The van der Waals surface area contributed by atoms with Crippen LogP contribution in [-0.2, 0) is 6.18 Å². The highest BCUT2D eigenvalue weighted by molar-refractivity contribution is 5.63. The first-order valence-electron chi connectivity index (χ1n) is 5.47. The van der Waals surface area contributed by atoms with Crippen LogP contribution in [0.15, 0.2) is 35.1 Å². The van der Waals surface area contributed by atoms with Crippen LogP contribution in [0.4, 0.5) is 17.6 Å². The molecule has 1 aromatic carbocycles. The van der Waals surface area contributed by atoms with Crippen molar-refractivity contribution in [3.8, 4) is 17.0 Å². The fraction of sp³-hybridized carbons (Fsp3) is 0.154. The number of nitrogens with one attached hydrogen (secondary N) is 1. The fourth-order valence-corrected chi connectivity index (χ4v) is 1.73. The molecule has 2 rings (SSSR count). The number of hydrogen-bond acceptors (Lipinski definition) is 2. The number of alkyl halides is 3. The Morgan fingerprint density at radius 1 is 1.20 bits per heavy atom. The van der Waals surface area contributed by atoms with Gasteiger partial charge in [0.15, 0.2) is 11.6 Å². The summed E-state index contributed by atoms with van der Waals surface area (Å²) in [5, 5.41) is 0. The minimum absolute atomic E-state index is 0.124. The molecule has 20 heavy (non-hydrogen) atoms. The second kappa shape index (κ2) is 4.99. The molecule has 106 valence electrons. The van der Waals surface area contributed by atoms with E-state index in [0.29, 0.717) is 12.1 Å². The van der Waals surface area contributed by atoms with E-state index in [0.717, 1.165) is 0 Å². The van der Waals surface area contributed by atoms with Crippen LogP contribution in [0.25, 0.3) is 11.3 Å². The molecule has 1 N–H and O–H groups in total. The van der Waals surface area contributed by atoms with Crippen molar-refractivity contribution in [2.75, 3.05) is 7.11 Å². The van der Waals surface area contributed by atoms with Gasteiger partial charge in [-0.05, 0) is 18.2 Å². The molecule has 0 amide bonds. The van der Waals surface area contributed by atoms with Gasteiger partial charge in [-0.2, -0.15) is 13.2 Å². The van der Waals surface area contributed by atoms with Crippen molar-refractivity contribution in [1.82, 2.24) is 4.98 Å². The lowest BCUT2D eigenvalue weighted by atomic mass is 10.1. The molecule has 0 aliphatic carbocycles. The maximum absolute atomic E-state index is 14.0. The Morgan fingerprint density at radius 3 is 2.50 bits per heavy atom. The largest absolute Gasteiger partial charge is 0.494 e. The summed E-state index contributed by atoms with van der Waals surface area (Å²) in [4.78, 5) is 13.5. The number of H-pyrrole nitrogens is 1. The molecule has 0 unspecified atom stereocenters. The van der Waals surface area contributed by atoms with E-state index in [1.807, 2.05) is 0 Å². The van der Waals surface area contributed by atoms with Crippen molar-refractivity contribution >= 4 is 0 Å². The first-order chi connectivity index (χ1) is 9.32. The molecule has 0 saturated carbocycles. The predicted octanol–water partition coefficient (Wildman–Crippen LogP) is 3.21. The molecular formula is C13H9F4NO2. The maximum atomic E-state index is 14.0. The van der Waals surface area contributed by atoms with Crippen LogP contribution < -0.4 is 10.3 Å². The van der Waals surface area contributed by atoms with Gasteiger partial charge in [-0.15, -0.1) is 0 Å². The number of ether oxygens (including phenoxy) is 1. The normalized spacial score (nSPS) is 11.4. The van der Waals surface area contributed by atoms with Crippen molar-refractivity contribution in [2.24, 2.45) is 0 Å². The average Bonchev–Trinajstić information content (AvgIpc) is 2.37. The predicted molar refractivity (Wildman–Crippen MR) is 64.0 cm³/mol. The minimum Gasteiger partial charge on any atom is -0.494 e. The van der Waals surface area contributed by atoms with E-state index >= 15 is 0 Å². The van der Waals surface area contributed by atoms with Gasteiger partial charge in [0.25, 0.3) is 0 Å². The van der Waals surface area contributed by atoms with Gasteiger partial charge >= 0.3 is 6.18 Å². The first kappa shape index (κ1) is 14.1. The van der Waals surface area contributed by atoms with Crippen molar-refractivity contribution in [2.45, 2.75) is 6.18 Å². The highest BCUT2D eigenvalue weighted by atomic mass is 19.4. The Kier molecular flexibility index (Phi) is 3.52. The van der Waals surface area contributed by atoms with Gasteiger partial charge in [-0.3, -0.25) is 4.79 Å². The highest BCUT2D eigenvalue weighted by Crippen LogP contribution is 2.32. The molecular weight excluding hydrogens is 278 g/mol. The number of benzene rings is 1. The van der Waals surface area contributed by atoms with Gasteiger partial charge < -0.3 is 9.72 Å². The molecule has 1 heterocycles. The Balaban J connectivity index is 2.65. The summed E-state index contributed by atoms with van der Waals surface area (Å²) in [6.45, 7) is 0. The van der Waals surface area contributed by atoms with Crippen LogP contribution in [0.2, 0.25) is 0 Å². The van der Waals surface area contributed by atoms with Gasteiger partial charge in [-0.1, -0.05) is 6.07 Å². The quantitative estimate of drug-likeness (QED) is 0.862. The lowest BCUT2D eigenvalue weighted by Gasteiger charge is -2.10. The highest BCUT2D eigenvalue weighted by Gasteiger charge is 2.31. The molecule has 0 saturated heterocycles. The molecule has 0 aliphatic rings. The van der Waals surface area contributed by atoms with E-state index in [4.69, 9.17) is 4.74 Å². The Bertz CT molecular complexity index is 692. The molecule has 3 nitrogen and oxygen atoms in total. The van der Waals surface area contributed by atoms with Gasteiger partial charge in [0, 0.05) is 11.6 Å². The van der Waals surface area contributed by atoms with E-state index in [1.54, 1.807) is 0 Å². The van der Waals surface area contributed by atoms with E-state index in [9.17, 15) is 22.4 Å². The van der Waals surface area contributed by atoms with Crippen molar-refractivity contribution in [3.63, 3.8) is 0 Å². The number of hydrogen-bond donors (Lipinski definition) is 1. The molecule has 0 fully saturated rings. The minimum atomic E-state index is -4.68. The fourth-order valence-electron chi connectivity index (χ4n) is 1.73. The third kappa shape index (κ3) is 2.66. The zero-order chi connectivity index (χ0) is 14.9. The van der Waals surface area contributed by atoms with Crippen LogP contribution in [0.3, 0.4) is 0 Å². The maximum Gasteiger partial charge on any atom is 0.416 e. The van der Waals surface area contributed by atoms with Crippen LogP contribution in [0.1, 0.15) is 5.56 Å². The van der Waals surface area contributed by atoms with Crippen LogP contribution in [-0.4, -0.2) is 12.1 Å². The van der Waals surface area contributed by atoms with Crippen LogP contribution >= 0.6 is 0 Å². The van der Waals surface area contributed by atoms with Crippen molar-refractivity contribution in [3.05, 3.63) is 52.1 Å². The van der Waals surface area contributed by atoms with Gasteiger partial charge in [0.1, 0.15) is 0 Å². The first-order valence-corrected chi connectivity index (χ1v) is 5.47. The van der Waals surface area contributed by atoms with Gasteiger partial charge in [-0.25, -0.2) is 4.39 Å². The third-order valence-corrected chi connectivity index (χ3v) is 2.65. The van der Waals surface area contributed by atoms with E-state index in [-0.39, 0.29) is 17.0 Å². The molecule has 0 radical (unpaired) electrons.